The Labute approximate surface area is 107 Å². The van der Waals surface area contributed by atoms with E-state index in [0.29, 0.717) is 24.4 Å². The van der Waals surface area contributed by atoms with E-state index in [1.54, 1.807) is 6.07 Å². The minimum Gasteiger partial charge on any atom is -0.480 e. The van der Waals surface area contributed by atoms with Crippen molar-refractivity contribution in [3.63, 3.8) is 0 Å². The van der Waals surface area contributed by atoms with Gasteiger partial charge in [-0.25, -0.2) is 0 Å². The molecule has 0 fully saturated rings. The third-order valence-corrected chi connectivity index (χ3v) is 3.56. The number of rotatable bonds is 6. The molecule has 0 spiro atoms. The van der Waals surface area contributed by atoms with Crippen LogP contribution in [0, 0.1) is 0 Å². The van der Waals surface area contributed by atoms with Gasteiger partial charge in [-0.3, -0.25) is 10.1 Å². The Morgan fingerprint density at radius 1 is 1.35 bits per heavy atom. The summed E-state index contributed by atoms with van der Waals surface area (Å²) in [7, 11) is 0. The van der Waals surface area contributed by atoms with Gasteiger partial charge in [0.05, 0.1) is 0 Å². The van der Waals surface area contributed by atoms with Crippen molar-refractivity contribution >= 4 is 17.6 Å². The van der Waals surface area contributed by atoms with E-state index >= 15 is 0 Å². The van der Waals surface area contributed by atoms with Crippen molar-refractivity contribution in [3.8, 4) is 0 Å². The van der Waals surface area contributed by atoms with Crippen LogP contribution in [0.2, 0.25) is 5.02 Å². The summed E-state index contributed by atoms with van der Waals surface area (Å²) in [6.45, 7) is 4.21. The second-order valence-electron chi connectivity index (χ2n) is 4.04. The number of halogens is 1. The number of aliphatic carboxylic acids is 1. The lowest BCUT2D eigenvalue weighted by Crippen LogP contribution is -2.50. The molecule has 3 nitrogen and oxygen atoms in total. The van der Waals surface area contributed by atoms with Gasteiger partial charge in [0.25, 0.3) is 0 Å². The average molecular weight is 256 g/mol. The fourth-order valence-electron chi connectivity index (χ4n) is 1.78. The number of carboxylic acid groups (broad SMARTS) is 1. The summed E-state index contributed by atoms with van der Waals surface area (Å²) >= 11 is 6.03. The van der Waals surface area contributed by atoms with E-state index in [-0.39, 0.29) is 0 Å². The summed E-state index contributed by atoms with van der Waals surface area (Å²) in [4.78, 5) is 11.3. The third kappa shape index (κ3) is 3.20. The van der Waals surface area contributed by atoms with Crippen LogP contribution < -0.4 is 5.32 Å². The molecule has 94 valence electrons. The van der Waals surface area contributed by atoms with Crippen molar-refractivity contribution in [2.75, 3.05) is 0 Å². The first-order valence-corrected chi connectivity index (χ1v) is 6.15. The van der Waals surface area contributed by atoms with E-state index in [1.165, 1.54) is 0 Å². The van der Waals surface area contributed by atoms with E-state index < -0.39 is 11.5 Å². The van der Waals surface area contributed by atoms with Crippen LogP contribution in [0.1, 0.15) is 32.3 Å². The highest BCUT2D eigenvalue weighted by molar-refractivity contribution is 6.31. The molecular weight excluding hydrogens is 238 g/mol. The van der Waals surface area contributed by atoms with Gasteiger partial charge in [0.15, 0.2) is 0 Å². The zero-order chi connectivity index (χ0) is 12.9. The number of hydrogen-bond donors (Lipinski definition) is 2. The lowest BCUT2D eigenvalue weighted by molar-refractivity contribution is -0.145. The molecule has 0 atom stereocenters. The minimum atomic E-state index is -0.862. The molecule has 0 bridgehead atoms. The van der Waals surface area contributed by atoms with Crippen LogP contribution in [0.25, 0.3) is 0 Å². The zero-order valence-corrected chi connectivity index (χ0v) is 10.9. The highest BCUT2D eigenvalue weighted by Gasteiger charge is 2.33. The first-order chi connectivity index (χ1) is 8.05. The Bertz CT molecular complexity index is 389. The molecule has 1 aromatic carbocycles. The van der Waals surface area contributed by atoms with Gasteiger partial charge in [0.2, 0.25) is 0 Å². The molecule has 4 heteroatoms. The maximum atomic E-state index is 11.3. The normalized spacial score (nSPS) is 11.5. The molecule has 0 saturated carbocycles. The van der Waals surface area contributed by atoms with Crippen LogP contribution in [0.4, 0.5) is 0 Å². The van der Waals surface area contributed by atoms with Gasteiger partial charge in [-0.1, -0.05) is 43.6 Å². The largest absolute Gasteiger partial charge is 0.480 e. The molecule has 0 aromatic heterocycles. The van der Waals surface area contributed by atoms with Gasteiger partial charge < -0.3 is 5.11 Å². The lowest BCUT2D eigenvalue weighted by atomic mass is 9.92. The van der Waals surface area contributed by atoms with Crippen LogP contribution >= 0.6 is 11.6 Å². The van der Waals surface area contributed by atoms with E-state index in [2.05, 4.69) is 5.32 Å². The highest BCUT2D eigenvalue weighted by Crippen LogP contribution is 2.19. The van der Waals surface area contributed by atoms with Crippen molar-refractivity contribution in [2.45, 2.75) is 38.8 Å². The quantitative estimate of drug-likeness (QED) is 0.821. The molecule has 0 aliphatic heterocycles. The number of hydrogen-bond acceptors (Lipinski definition) is 2. The van der Waals surface area contributed by atoms with Crippen LogP contribution in [0.15, 0.2) is 24.3 Å². The molecule has 1 aromatic rings. The predicted octanol–water partition coefficient (Wildman–Crippen LogP) is 3.07. The van der Waals surface area contributed by atoms with Crippen molar-refractivity contribution in [3.05, 3.63) is 34.9 Å². The molecule has 17 heavy (non-hydrogen) atoms. The number of carbonyl (C=O) groups is 1. The van der Waals surface area contributed by atoms with Crippen molar-refractivity contribution in [2.24, 2.45) is 0 Å². The summed E-state index contributed by atoms with van der Waals surface area (Å²) in [5, 5.41) is 13.0. The van der Waals surface area contributed by atoms with Crippen molar-refractivity contribution in [1.82, 2.24) is 5.32 Å². The fourth-order valence-corrected chi connectivity index (χ4v) is 1.99. The molecule has 0 radical (unpaired) electrons. The number of nitrogens with one attached hydrogen (secondary N) is 1. The summed E-state index contributed by atoms with van der Waals surface area (Å²) < 4.78 is 0. The molecular formula is C13H18ClNO2. The summed E-state index contributed by atoms with van der Waals surface area (Å²) in [5.74, 6) is -0.811. The molecule has 0 aliphatic carbocycles. The van der Waals surface area contributed by atoms with E-state index in [1.807, 2.05) is 32.0 Å². The Morgan fingerprint density at radius 2 is 1.94 bits per heavy atom. The standard InChI is InChI=1S/C13H18ClNO2/c1-3-13(4-2,12(16)17)15-9-10-7-5-6-8-11(10)14/h5-8,15H,3-4,9H2,1-2H3,(H,16,17). The van der Waals surface area contributed by atoms with Crippen LogP contribution in [0.3, 0.4) is 0 Å². The Kier molecular flexibility index (Phi) is 4.97. The number of carboxylic acids is 1. The summed E-state index contributed by atoms with van der Waals surface area (Å²) in [5.41, 5.74) is 0.0563. The fraction of sp³-hybridized carbons (Fsp3) is 0.462. The SMILES string of the molecule is CCC(CC)(NCc1ccccc1Cl)C(=O)O. The van der Waals surface area contributed by atoms with Gasteiger partial charge >= 0.3 is 5.97 Å². The second-order valence-corrected chi connectivity index (χ2v) is 4.45. The van der Waals surface area contributed by atoms with Gasteiger partial charge in [0, 0.05) is 11.6 Å². The average Bonchev–Trinajstić information content (AvgIpc) is 2.32. The monoisotopic (exact) mass is 255 g/mol. The van der Waals surface area contributed by atoms with E-state index in [4.69, 9.17) is 11.6 Å². The molecule has 2 N–H and O–H groups in total. The Balaban J connectivity index is 2.78. The first kappa shape index (κ1) is 14.0. The van der Waals surface area contributed by atoms with Gasteiger partial charge in [-0.2, -0.15) is 0 Å². The van der Waals surface area contributed by atoms with Crippen LogP contribution in [-0.2, 0) is 11.3 Å². The first-order valence-electron chi connectivity index (χ1n) is 5.77. The van der Waals surface area contributed by atoms with Crippen LogP contribution in [0.5, 0.6) is 0 Å². The molecule has 1 rings (SSSR count). The molecule has 0 amide bonds. The lowest BCUT2D eigenvalue weighted by Gasteiger charge is -2.28. The smallest absolute Gasteiger partial charge is 0.323 e. The van der Waals surface area contributed by atoms with Gasteiger partial charge in [-0.05, 0) is 24.5 Å². The molecule has 0 saturated heterocycles. The van der Waals surface area contributed by atoms with E-state index in [9.17, 15) is 9.90 Å². The Hall–Kier alpha value is -1.06. The maximum absolute atomic E-state index is 11.3. The highest BCUT2D eigenvalue weighted by atomic mass is 35.5. The Morgan fingerprint density at radius 3 is 2.41 bits per heavy atom. The number of benzene rings is 1. The maximum Gasteiger partial charge on any atom is 0.323 e. The van der Waals surface area contributed by atoms with Crippen molar-refractivity contribution < 1.29 is 9.90 Å². The van der Waals surface area contributed by atoms with Crippen LogP contribution in [-0.4, -0.2) is 16.6 Å². The minimum absolute atomic E-state index is 0.466. The summed E-state index contributed by atoms with van der Waals surface area (Å²) in [6, 6.07) is 7.45. The van der Waals surface area contributed by atoms with E-state index in [0.717, 1.165) is 5.56 Å². The van der Waals surface area contributed by atoms with Gasteiger partial charge in [0.1, 0.15) is 5.54 Å². The zero-order valence-electron chi connectivity index (χ0n) is 10.2. The topological polar surface area (TPSA) is 49.3 Å². The second kappa shape index (κ2) is 6.03. The molecule has 0 unspecified atom stereocenters. The molecule has 0 heterocycles. The summed E-state index contributed by atoms with van der Waals surface area (Å²) in [6.07, 6.45) is 1.09. The molecule has 0 aliphatic rings. The van der Waals surface area contributed by atoms with Crippen molar-refractivity contribution in [1.29, 1.82) is 0 Å². The van der Waals surface area contributed by atoms with Gasteiger partial charge in [-0.15, -0.1) is 0 Å². The third-order valence-electron chi connectivity index (χ3n) is 3.19. The predicted molar refractivity (Wildman–Crippen MR) is 69.2 cm³/mol.